The van der Waals surface area contributed by atoms with Gasteiger partial charge in [-0.1, -0.05) is 24.3 Å². The SMILES string of the molecule is O=C(O)C1c2ccccc2CCN1C(=O)CN1CCCCC1=O. The largest absolute Gasteiger partial charge is 0.479 e. The second-order valence-corrected chi connectivity index (χ2v) is 6.05. The number of carbonyl (C=O) groups excluding carboxylic acids is 2. The van der Waals surface area contributed by atoms with E-state index in [0.717, 1.165) is 18.4 Å². The van der Waals surface area contributed by atoms with Gasteiger partial charge in [0.05, 0.1) is 6.54 Å². The van der Waals surface area contributed by atoms with Gasteiger partial charge in [-0.2, -0.15) is 0 Å². The lowest BCUT2D eigenvalue weighted by molar-refractivity contribution is -0.153. The fourth-order valence-electron chi connectivity index (χ4n) is 3.38. The zero-order valence-corrected chi connectivity index (χ0v) is 12.9. The van der Waals surface area contributed by atoms with Crippen LogP contribution >= 0.6 is 0 Å². The Labute approximate surface area is 134 Å². The van der Waals surface area contributed by atoms with Crippen LogP contribution in [0.3, 0.4) is 0 Å². The summed E-state index contributed by atoms with van der Waals surface area (Å²) in [5.74, 6) is -1.34. The molecule has 0 aliphatic carbocycles. The molecule has 0 bridgehead atoms. The van der Waals surface area contributed by atoms with Gasteiger partial charge in [-0.3, -0.25) is 9.59 Å². The Kier molecular flexibility index (Phi) is 4.32. The van der Waals surface area contributed by atoms with Crippen LogP contribution in [0.1, 0.15) is 36.4 Å². The topological polar surface area (TPSA) is 77.9 Å². The number of carboxylic acid groups (broad SMARTS) is 1. The number of aliphatic carboxylic acids is 1. The predicted molar refractivity (Wildman–Crippen MR) is 82.7 cm³/mol. The van der Waals surface area contributed by atoms with Gasteiger partial charge in [0.15, 0.2) is 6.04 Å². The van der Waals surface area contributed by atoms with Crippen molar-refractivity contribution < 1.29 is 19.5 Å². The number of carbonyl (C=O) groups is 3. The second-order valence-electron chi connectivity index (χ2n) is 6.05. The van der Waals surface area contributed by atoms with Gasteiger partial charge >= 0.3 is 5.97 Å². The zero-order valence-electron chi connectivity index (χ0n) is 12.9. The highest BCUT2D eigenvalue weighted by atomic mass is 16.4. The van der Waals surface area contributed by atoms with E-state index in [1.54, 1.807) is 17.0 Å². The van der Waals surface area contributed by atoms with Crippen LogP contribution in [0, 0.1) is 0 Å². The number of amides is 2. The van der Waals surface area contributed by atoms with Gasteiger partial charge in [-0.05, 0) is 30.4 Å². The third-order valence-corrected chi connectivity index (χ3v) is 4.59. The maximum atomic E-state index is 12.6. The molecule has 0 radical (unpaired) electrons. The molecule has 1 aromatic carbocycles. The molecule has 1 fully saturated rings. The van der Waals surface area contributed by atoms with Gasteiger partial charge in [0, 0.05) is 19.5 Å². The quantitative estimate of drug-likeness (QED) is 0.909. The van der Waals surface area contributed by atoms with Gasteiger partial charge in [0.25, 0.3) is 0 Å². The van der Waals surface area contributed by atoms with Gasteiger partial charge in [-0.15, -0.1) is 0 Å². The van der Waals surface area contributed by atoms with Crippen molar-refractivity contribution in [3.05, 3.63) is 35.4 Å². The van der Waals surface area contributed by atoms with Crippen LogP contribution in [0.4, 0.5) is 0 Å². The normalized spacial score (nSPS) is 21.0. The summed E-state index contributed by atoms with van der Waals surface area (Å²) in [6, 6.07) is 6.37. The summed E-state index contributed by atoms with van der Waals surface area (Å²) < 4.78 is 0. The van der Waals surface area contributed by atoms with Gasteiger partial charge in [0.1, 0.15) is 0 Å². The average molecular weight is 316 g/mol. The van der Waals surface area contributed by atoms with E-state index in [4.69, 9.17) is 0 Å². The molecule has 0 aromatic heterocycles. The Balaban J connectivity index is 1.80. The number of piperidine rings is 1. The molecule has 1 atom stereocenters. The lowest BCUT2D eigenvalue weighted by Gasteiger charge is -2.36. The molecule has 6 heteroatoms. The van der Waals surface area contributed by atoms with Crippen molar-refractivity contribution in [2.45, 2.75) is 31.7 Å². The molecule has 23 heavy (non-hydrogen) atoms. The Morgan fingerprint density at radius 2 is 1.91 bits per heavy atom. The van der Waals surface area contributed by atoms with E-state index in [2.05, 4.69) is 0 Å². The minimum absolute atomic E-state index is 0.0196. The molecular weight excluding hydrogens is 296 g/mol. The zero-order chi connectivity index (χ0) is 16.4. The first-order valence-electron chi connectivity index (χ1n) is 7.96. The minimum atomic E-state index is -1.03. The smallest absolute Gasteiger partial charge is 0.331 e. The minimum Gasteiger partial charge on any atom is -0.479 e. The van der Waals surface area contributed by atoms with Crippen molar-refractivity contribution in [2.24, 2.45) is 0 Å². The van der Waals surface area contributed by atoms with Crippen LogP contribution in [0.25, 0.3) is 0 Å². The number of rotatable bonds is 3. The van der Waals surface area contributed by atoms with Gasteiger partial charge in [-0.25, -0.2) is 4.79 Å². The molecule has 1 aromatic rings. The van der Waals surface area contributed by atoms with E-state index in [1.807, 2.05) is 12.1 Å². The van der Waals surface area contributed by atoms with Crippen molar-refractivity contribution in [2.75, 3.05) is 19.6 Å². The lowest BCUT2D eigenvalue weighted by atomic mass is 9.92. The Hall–Kier alpha value is -2.37. The fourth-order valence-corrected chi connectivity index (χ4v) is 3.38. The second kappa shape index (κ2) is 6.40. The molecule has 2 heterocycles. The first-order chi connectivity index (χ1) is 11.1. The van der Waals surface area contributed by atoms with E-state index in [-0.39, 0.29) is 18.4 Å². The highest BCUT2D eigenvalue weighted by Crippen LogP contribution is 2.30. The average Bonchev–Trinajstić information content (AvgIpc) is 2.55. The third-order valence-electron chi connectivity index (χ3n) is 4.59. The first kappa shape index (κ1) is 15.5. The molecule has 2 aliphatic rings. The number of fused-ring (bicyclic) bond motifs is 1. The third kappa shape index (κ3) is 3.06. The summed E-state index contributed by atoms with van der Waals surface area (Å²) in [7, 11) is 0. The lowest BCUT2D eigenvalue weighted by Crippen LogP contribution is -2.49. The van der Waals surface area contributed by atoms with E-state index in [1.165, 1.54) is 4.90 Å². The standard InChI is InChI=1S/C17H20N2O4/c20-14-7-3-4-9-18(14)11-15(21)19-10-8-12-5-1-2-6-13(12)16(19)17(22)23/h1-2,5-6,16H,3-4,7-11H2,(H,22,23). The summed E-state index contributed by atoms with van der Waals surface area (Å²) in [4.78, 5) is 39.1. The van der Waals surface area contributed by atoms with Crippen molar-refractivity contribution in [3.8, 4) is 0 Å². The highest BCUT2D eigenvalue weighted by molar-refractivity contribution is 5.89. The molecule has 122 valence electrons. The Bertz CT molecular complexity index is 643. The summed E-state index contributed by atoms with van der Waals surface area (Å²) in [6.45, 7) is 0.923. The van der Waals surface area contributed by atoms with Crippen molar-refractivity contribution in [1.82, 2.24) is 9.80 Å². The maximum Gasteiger partial charge on any atom is 0.331 e. The number of likely N-dealkylation sites (tertiary alicyclic amines) is 1. The van der Waals surface area contributed by atoms with E-state index < -0.39 is 12.0 Å². The molecule has 1 unspecified atom stereocenters. The fraction of sp³-hybridized carbons (Fsp3) is 0.471. The maximum absolute atomic E-state index is 12.6. The first-order valence-corrected chi connectivity index (χ1v) is 7.96. The monoisotopic (exact) mass is 316 g/mol. The van der Waals surface area contributed by atoms with Crippen molar-refractivity contribution in [1.29, 1.82) is 0 Å². The number of carboxylic acids is 1. The summed E-state index contributed by atoms with van der Waals surface area (Å²) in [5.41, 5.74) is 1.64. The number of hydrogen-bond acceptors (Lipinski definition) is 3. The number of nitrogens with zero attached hydrogens (tertiary/aromatic N) is 2. The van der Waals surface area contributed by atoms with Gasteiger partial charge in [0.2, 0.25) is 11.8 Å². The summed E-state index contributed by atoms with van der Waals surface area (Å²) in [6.07, 6.45) is 2.86. The number of benzene rings is 1. The van der Waals surface area contributed by atoms with Crippen LogP contribution in [0.2, 0.25) is 0 Å². The summed E-state index contributed by atoms with van der Waals surface area (Å²) >= 11 is 0. The van der Waals surface area contributed by atoms with Crippen molar-refractivity contribution in [3.63, 3.8) is 0 Å². The summed E-state index contributed by atoms with van der Waals surface area (Å²) in [5, 5.41) is 9.59. The van der Waals surface area contributed by atoms with E-state index in [0.29, 0.717) is 31.5 Å². The number of hydrogen-bond donors (Lipinski definition) is 1. The van der Waals surface area contributed by atoms with E-state index >= 15 is 0 Å². The molecule has 1 saturated heterocycles. The van der Waals surface area contributed by atoms with Crippen LogP contribution in [-0.4, -0.2) is 52.3 Å². The molecule has 3 rings (SSSR count). The van der Waals surface area contributed by atoms with E-state index in [9.17, 15) is 19.5 Å². The molecule has 2 amide bonds. The van der Waals surface area contributed by atoms with Crippen LogP contribution in [0.5, 0.6) is 0 Å². The van der Waals surface area contributed by atoms with Crippen LogP contribution in [-0.2, 0) is 20.8 Å². The molecule has 2 aliphatic heterocycles. The van der Waals surface area contributed by atoms with Crippen molar-refractivity contribution >= 4 is 17.8 Å². The van der Waals surface area contributed by atoms with Gasteiger partial charge < -0.3 is 14.9 Å². The highest BCUT2D eigenvalue weighted by Gasteiger charge is 2.36. The Morgan fingerprint density at radius 3 is 2.65 bits per heavy atom. The molecule has 6 nitrogen and oxygen atoms in total. The molecule has 0 saturated carbocycles. The predicted octanol–water partition coefficient (Wildman–Crippen LogP) is 1.21. The molecular formula is C17H20N2O4. The van der Waals surface area contributed by atoms with Crippen LogP contribution in [0.15, 0.2) is 24.3 Å². The van der Waals surface area contributed by atoms with Crippen LogP contribution < -0.4 is 0 Å². The molecule has 0 spiro atoms. The molecule has 1 N–H and O–H groups in total. The Morgan fingerprint density at radius 1 is 1.13 bits per heavy atom.